The number of H-pyrrole nitrogens is 1. The molecular formula is C14H17F3N2. The van der Waals surface area contributed by atoms with Gasteiger partial charge in [-0.2, -0.15) is 13.2 Å². The quantitative estimate of drug-likeness (QED) is 0.888. The van der Waals surface area contributed by atoms with Crippen molar-refractivity contribution in [2.24, 2.45) is 0 Å². The molecular weight excluding hydrogens is 253 g/mol. The van der Waals surface area contributed by atoms with E-state index in [-0.39, 0.29) is 0 Å². The highest BCUT2D eigenvalue weighted by atomic mass is 19.4. The topological polar surface area (TPSA) is 19.0 Å². The van der Waals surface area contributed by atoms with E-state index in [0.717, 1.165) is 36.7 Å². The van der Waals surface area contributed by atoms with Crippen LogP contribution in [0.1, 0.15) is 25.0 Å². The number of hydrogen-bond acceptors (Lipinski definition) is 1. The summed E-state index contributed by atoms with van der Waals surface area (Å²) in [7, 11) is 0. The molecule has 104 valence electrons. The Hall–Kier alpha value is -1.49. The van der Waals surface area contributed by atoms with Gasteiger partial charge in [0.05, 0.1) is 5.56 Å². The highest BCUT2D eigenvalue weighted by Crippen LogP contribution is 2.32. The van der Waals surface area contributed by atoms with Gasteiger partial charge in [-0.1, -0.05) is 19.9 Å². The monoisotopic (exact) mass is 270 g/mol. The van der Waals surface area contributed by atoms with Gasteiger partial charge in [0.25, 0.3) is 0 Å². The summed E-state index contributed by atoms with van der Waals surface area (Å²) in [5, 5.41) is 0.861. The van der Waals surface area contributed by atoms with Crippen molar-refractivity contribution in [3.8, 4) is 0 Å². The molecule has 0 aliphatic carbocycles. The van der Waals surface area contributed by atoms with Gasteiger partial charge >= 0.3 is 6.18 Å². The Bertz CT molecular complexity index is 553. The fraction of sp³-hybridized carbons (Fsp3) is 0.429. The molecule has 2 aromatic rings. The van der Waals surface area contributed by atoms with E-state index in [1.165, 1.54) is 6.07 Å². The average molecular weight is 270 g/mol. The first-order valence-electron chi connectivity index (χ1n) is 6.35. The van der Waals surface area contributed by atoms with E-state index in [1.54, 1.807) is 12.3 Å². The third kappa shape index (κ3) is 2.92. The van der Waals surface area contributed by atoms with Gasteiger partial charge in [-0.05, 0) is 30.8 Å². The second kappa shape index (κ2) is 5.25. The van der Waals surface area contributed by atoms with Crippen LogP contribution < -0.4 is 0 Å². The van der Waals surface area contributed by atoms with Crippen LogP contribution in [-0.2, 0) is 12.7 Å². The molecule has 0 saturated heterocycles. The van der Waals surface area contributed by atoms with Crippen LogP contribution in [0.2, 0.25) is 0 Å². The lowest BCUT2D eigenvalue weighted by atomic mass is 10.1. The number of aromatic amines is 1. The van der Waals surface area contributed by atoms with E-state index >= 15 is 0 Å². The molecule has 0 aliphatic rings. The third-order valence-corrected chi connectivity index (χ3v) is 3.38. The van der Waals surface area contributed by atoms with Gasteiger partial charge in [-0.25, -0.2) is 0 Å². The van der Waals surface area contributed by atoms with Crippen LogP contribution in [0, 0.1) is 0 Å². The molecule has 2 nitrogen and oxygen atoms in total. The predicted molar refractivity (Wildman–Crippen MR) is 69.9 cm³/mol. The van der Waals surface area contributed by atoms with Crippen molar-refractivity contribution < 1.29 is 13.2 Å². The minimum absolute atomic E-state index is 0.539. The standard InChI is InChI=1S/C14H17F3N2/c1-3-19(4-2)9-10-8-18-13-7-11(14(15,16)17)5-6-12(10)13/h5-8,18H,3-4,9H2,1-2H3. The van der Waals surface area contributed by atoms with Crippen LogP contribution in [0.3, 0.4) is 0 Å². The number of rotatable bonds is 4. The zero-order valence-corrected chi connectivity index (χ0v) is 11.0. The van der Waals surface area contributed by atoms with Crippen molar-refractivity contribution >= 4 is 10.9 Å². The SMILES string of the molecule is CCN(CC)Cc1c[nH]c2cc(C(F)(F)F)ccc12. The van der Waals surface area contributed by atoms with E-state index in [0.29, 0.717) is 5.52 Å². The van der Waals surface area contributed by atoms with E-state index < -0.39 is 11.7 Å². The second-order valence-corrected chi connectivity index (χ2v) is 4.53. The zero-order chi connectivity index (χ0) is 14.0. The highest BCUT2D eigenvalue weighted by molar-refractivity contribution is 5.83. The Labute approximate surface area is 110 Å². The van der Waals surface area contributed by atoms with Crippen molar-refractivity contribution in [2.45, 2.75) is 26.6 Å². The molecule has 2 rings (SSSR count). The van der Waals surface area contributed by atoms with Crippen LogP contribution >= 0.6 is 0 Å². The van der Waals surface area contributed by atoms with E-state index in [2.05, 4.69) is 23.7 Å². The van der Waals surface area contributed by atoms with Gasteiger partial charge in [0, 0.05) is 23.6 Å². The molecule has 0 aliphatic heterocycles. The fourth-order valence-corrected chi connectivity index (χ4v) is 2.18. The summed E-state index contributed by atoms with van der Waals surface area (Å²) in [5.74, 6) is 0. The van der Waals surface area contributed by atoms with Gasteiger partial charge in [-0.15, -0.1) is 0 Å². The summed E-state index contributed by atoms with van der Waals surface area (Å²) < 4.78 is 37.9. The lowest BCUT2D eigenvalue weighted by molar-refractivity contribution is -0.137. The molecule has 1 aromatic heterocycles. The van der Waals surface area contributed by atoms with E-state index in [1.807, 2.05) is 0 Å². The van der Waals surface area contributed by atoms with Crippen molar-refractivity contribution in [1.82, 2.24) is 9.88 Å². The molecule has 19 heavy (non-hydrogen) atoms. The Kier molecular flexibility index (Phi) is 3.85. The summed E-state index contributed by atoms with van der Waals surface area (Å²) in [6.07, 6.45) is -2.50. The molecule has 0 unspecified atom stereocenters. The molecule has 1 aromatic carbocycles. The van der Waals surface area contributed by atoms with E-state index in [9.17, 15) is 13.2 Å². The molecule has 0 spiro atoms. The lowest BCUT2D eigenvalue weighted by Crippen LogP contribution is -2.21. The molecule has 0 radical (unpaired) electrons. The summed E-state index contributed by atoms with van der Waals surface area (Å²) in [4.78, 5) is 5.15. The smallest absolute Gasteiger partial charge is 0.361 e. The van der Waals surface area contributed by atoms with Crippen molar-refractivity contribution in [3.63, 3.8) is 0 Å². The number of benzene rings is 1. The van der Waals surface area contributed by atoms with Gasteiger partial charge in [0.15, 0.2) is 0 Å². The molecule has 0 bridgehead atoms. The molecule has 0 saturated carbocycles. The van der Waals surface area contributed by atoms with Crippen molar-refractivity contribution in [1.29, 1.82) is 0 Å². The van der Waals surface area contributed by atoms with Gasteiger partial charge in [0.2, 0.25) is 0 Å². The summed E-state index contributed by atoms with van der Waals surface area (Å²) in [5.41, 5.74) is 0.959. The number of alkyl halides is 3. The second-order valence-electron chi connectivity index (χ2n) is 4.53. The third-order valence-electron chi connectivity index (χ3n) is 3.38. The molecule has 0 fully saturated rings. The van der Waals surface area contributed by atoms with Gasteiger partial charge < -0.3 is 4.98 Å². The van der Waals surface area contributed by atoms with Crippen LogP contribution in [0.15, 0.2) is 24.4 Å². The van der Waals surface area contributed by atoms with Crippen LogP contribution in [-0.4, -0.2) is 23.0 Å². The van der Waals surface area contributed by atoms with Crippen LogP contribution in [0.5, 0.6) is 0 Å². The van der Waals surface area contributed by atoms with E-state index in [4.69, 9.17) is 0 Å². The Balaban J connectivity index is 2.34. The molecule has 0 atom stereocenters. The first-order chi connectivity index (χ1) is 8.95. The normalized spacial score (nSPS) is 12.5. The fourth-order valence-electron chi connectivity index (χ4n) is 2.18. The van der Waals surface area contributed by atoms with Crippen molar-refractivity contribution in [3.05, 3.63) is 35.5 Å². The Morgan fingerprint density at radius 2 is 1.84 bits per heavy atom. The maximum atomic E-state index is 12.6. The summed E-state index contributed by atoms with van der Waals surface area (Å²) in [6, 6.07) is 3.86. The maximum absolute atomic E-state index is 12.6. The Morgan fingerprint density at radius 1 is 1.16 bits per heavy atom. The highest BCUT2D eigenvalue weighted by Gasteiger charge is 2.30. The molecule has 1 heterocycles. The maximum Gasteiger partial charge on any atom is 0.416 e. The number of nitrogens with zero attached hydrogens (tertiary/aromatic N) is 1. The minimum Gasteiger partial charge on any atom is -0.361 e. The lowest BCUT2D eigenvalue weighted by Gasteiger charge is -2.17. The van der Waals surface area contributed by atoms with Gasteiger partial charge in [-0.3, -0.25) is 4.90 Å². The summed E-state index contributed by atoms with van der Waals surface area (Å²) >= 11 is 0. The van der Waals surface area contributed by atoms with Crippen LogP contribution in [0.25, 0.3) is 10.9 Å². The molecule has 1 N–H and O–H groups in total. The number of hydrogen-bond donors (Lipinski definition) is 1. The average Bonchev–Trinajstić information content (AvgIpc) is 2.77. The van der Waals surface area contributed by atoms with Crippen molar-refractivity contribution in [2.75, 3.05) is 13.1 Å². The molecule has 0 amide bonds. The minimum atomic E-state index is -4.29. The predicted octanol–water partition coefficient (Wildman–Crippen LogP) is 4.03. The number of aromatic nitrogens is 1. The largest absolute Gasteiger partial charge is 0.416 e. The first-order valence-corrected chi connectivity index (χ1v) is 6.35. The van der Waals surface area contributed by atoms with Crippen LogP contribution in [0.4, 0.5) is 13.2 Å². The number of halogens is 3. The van der Waals surface area contributed by atoms with Gasteiger partial charge in [0.1, 0.15) is 0 Å². The number of fused-ring (bicyclic) bond motifs is 1. The zero-order valence-electron chi connectivity index (χ0n) is 11.0. The number of nitrogens with one attached hydrogen (secondary N) is 1. The first kappa shape index (κ1) is 13.9. The summed E-state index contributed by atoms with van der Waals surface area (Å²) in [6.45, 7) is 6.73. The molecule has 5 heteroatoms. The Morgan fingerprint density at radius 3 is 2.42 bits per heavy atom.